The second-order valence-electron chi connectivity index (χ2n) is 13.9. The molecule has 0 amide bonds. The Bertz CT molecular complexity index is 575. The van der Waals surface area contributed by atoms with Gasteiger partial charge in [0, 0.05) is 0 Å². The maximum absolute atomic E-state index is 12.8. The molecule has 0 radical (unpaired) electrons. The van der Waals surface area contributed by atoms with E-state index in [1.54, 1.807) is 0 Å². The second-order valence-corrected chi connectivity index (χ2v) is 15.3. The van der Waals surface area contributed by atoms with Gasteiger partial charge in [0.15, 0.2) is 0 Å². The van der Waals surface area contributed by atoms with Crippen LogP contribution in [0.4, 0.5) is 0 Å². The average Bonchev–Trinajstić information content (AvgIpc) is 2.96. The fourth-order valence-corrected chi connectivity index (χ4v) is 8.52. The van der Waals surface area contributed by atoms with Crippen LogP contribution in [0.15, 0.2) is 0 Å². The molecule has 0 atom stereocenters. The zero-order chi connectivity index (χ0) is 29.4. The van der Waals surface area contributed by atoms with Crippen molar-refractivity contribution < 1.29 is 18.5 Å². The van der Waals surface area contributed by atoms with Crippen molar-refractivity contribution in [2.24, 2.45) is 11.8 Å². The predicted octanol–water partition coefficient (Wildman–Crippen LogP) is 12.9. The van der Waals surface area contributed by atoms with Gasteiger partial charge >= 0.3 is 7.82 Å². The third-order valence-corrected chi connectivity index (χ3v) is 11.2. The summed E-state index contributed by atoms with van der Waals surface area (Å²) in [5.74, 6) is 1.54. The number of phosphoric ester groups is 1. The Kier molecular flexibility index (Phi) is 22.2. The van der Waals surface area contributed by atoms with Gasteiger partial charge in [-0.1, -0.05) is 155 Å². The standard InChI is InChI=1S/C36H71O4P/c1-3-5-7-9-11-13-15-17-19-21-23-33-25-29-35(30-26-33)39-41(37,38)40-36-31-27-34(28-32-36)24-22-20-18-16-14-12-10-8-6-4-2/h33-36H,3-32H2,1-2H3,(H,37,38). The molecule has 0 saturated heterocycles. The first kappa shape index (κ1) is 37.3. The molecule has 0 spiro atoms. The van der Waals surface area contributed by atoms with Gasteiger partial charge in [-0.05, 0) is 63.2 Å². The molecule has 4 nitrogen and oxygen atoms in total. The fourth-order valence-electron chi connectivity index (χ4n) is 7.29. The minimum atomic E-state index is -3.96. The first-order valence-corrected chi connectivity index (χ1v) is 20.2. The molecule has 0 aromatic rings. The van der Waals surface area contributed by atoms with Gasteiger partial charge in [-0.3, -0.25) is 9.05 Å². The van der Waals surface area contributed by atoms with Gasteiger partial charge in [0.25, 0.3) is 0 Å². The number of hydrogen-bond acceptors (Lipinski definition) is 3. The first-order valence-electron chi connectivity index (χ1n) is 18.7. The largest absolute Gasteiger partial charge is 0.472 e. The molecule has 2 saturated carbocycles. The van der Waals surface area contributed by atoms with E-state index in [2.05, 4.69) is 13.8 Å². The SMILES string of the molecule is CCCCCCCCCCCCC1CCC(OP(=O)(O)OC2CCC(CCCCCCCCCCCC)CC2)CC1. The second kappa shape index (κ2) is 24.4. The molecule has 0 aliphatic heterocycles. The van der Waals surface area contributed by atoms with Crippen molar-refractivity contribution in [2.45, 2.75) is 219 Å². The van der Waals surface area contributed by atoms with Gasteiger partial charge < -0.3 is 4.89 Å². The van der Waals surface area contributed by atoms with Gasteiger partial charge in [0.1, 0.15) is 0 Å². The van der Waals surface area contributed by atoms with Crippen LogP contribution in [-0.2, 0) is 13.6 Å². The van der Waals surface area contributed by atoms with Crippen molar-refractivity contribution in [3.05, 3.63) is 0 Å². The molecule has 0 bridgehead atoms. The maximum atomic E-state index is 12.8. The summed E-state index contributed by atoms with van der Waals surface area (Å²) in [6, 6.07) is 0. The molecular formula is C36H71O4P. The highest BCUT2D eigenvalue weighted by Crippen LogP contribution is 2.50. The van der Waals surface area contributed by atoms with Crippen LogP contribution in [0.1, 0.15) is 206 Å². The van der Waals surface area contributed by atoms with E-state index in [0.29, 0.717) is 0 Å². The van der Waals surface area contributed by atoms with E-state index >= 15 is 0 Å². The summed E-state index contributed by atoms with van der Waals surface area (Å²) in [4.78, 5) is 10.5. The van der Waals surface area contributed by atoms with Crippen LogP contribution >= 0.6 is 7.82 Å². The van der Waals surface area contributed by atoms with Crippen molar-refractivity contribution in [1.82, 2.24) is 0 Å². The van der Waals surface area contributed by atoms with Gasteiger partial charge in [-0.25, -0.2) is 4.57 Å². The summed E-state index contributed by atoms with van der Waals surface area (Å²) in [5.41, 5.74) is 0. The zero-order valence-electron chi connectivity index (χ0n) is 27.6. The van der Waals surface area contributed by atoms with Crippen LogP contribution in [-0.4, -0.2) is 17.1 Å². The summed E-state index contributed by atoms with van der Waals surface area (Å²) in [5, 5.41) is 0. The molecule has 1 N–H and O–H groups in total. The molecular weight excluding hydrogens is 527 g/mol. The van der Waals surface area contributed by atoms with Crippen LogP contribution in [0.5, 0.6) is 0 Å². The van der Waals surface area contributed by atoms with Crippen LogP contribution in [0.2, 0.25) is 0 Å². The maximum Gasteiger partial charge on any atom is 0.472 e. The number of rotatable bonds is 26. The van der Waals surface area contributed by atoms with Crippen LogP contribution in [0.25, 0.3) is 0 Å². The highest BCUT2D eigenvalue weighted by molar-refractivity contribution is 7.47. The number of phosphoric acid groups is 1. The smallest absolute Gasteiger partial charge is 0.302 e. The van der Waals surface area contributed by atoms with Crippen LogP contribution in [0, 0.1) is 11.8 Å². The van der Waals surface area contributed by atoms with E-state index in [0.717, 1.165) is 63.2 Å². The Hall–Kier alpha value is 0.110. The van der Waals surface area contributed by atoms with E-state index in [1.807, 2.05) is 0 Å². The van der Waals surface area contributed by atoms with Gasteiger partial charge in [0.2, 0.25) is 0 Å². The first-order chi connectivity index (χ1) is 20.0. The Labute approximate surface area is 256 Å². The van der Waals surface area contributed by atoms with Gasteiger partial charge in [-0.2, -0.15) is 0 Å². The third kappa shape index (κ3) is 19.9. The minimum absolute atomic E-state index is 0.109. The summed E-state index contributed by atoms with van der Waals surface area (Å²) < 4.78 is 24.1. The molecule has 0 aromatic heterocycles. The quantitative estimate of drug-likeness (QED) is 0.0795. The number of unbranched alkanes of at least 4 members (excludes halogenated alkanes) is 18. The predicted molar refractivity (Wildman–Crippen MR) is 176 cm³/mol. The van der Waals surface area contributed by atoms with E-state index in [4.69, 9.17) is 9.05 Å². The Balaban J connectivity index is 1.43. The molecule has 0 heterocycles. The zero-order valence-corrected chi connectivity index (χ0v) is 28.5. The normalized spacial score (nSPS) is 24.9. The fraction of sp³-hybridized carbons (Fsp3) is 1.00. The molecule has 0 unspecified atom stereocenters. The monoisotopic (exact) mass is 599 g/mol. The van der Waals surface area contributed by atoms with Crippen LogP contribution < -0.4 is 0 Å². The lowest BCUT2D eigenvalue weighted by molar-refractivity contribution is 0.0350. The van der Waals surface area contributed by atoms with E-state index in [-0.39, 0.29) is 12.2 Å². The third-order valence-electron chi connectivity index (χ3n) is 10.1. The molecule has 2 aliphatic carbocycles. The van der Waals surface area contributed by atoms with E-state index < -0.39 is 7.82 Å². The average molecular weight is 599 g/mol. The van der Waals surface area contributed by atoms with Crippen molar-refractivity contribution >= 4 is 7.82 Å². The highest BCUT2D eigenvalue weighted by Gasteiger charge is 2.34. The highest BCUT2D eigenvalue weighted by atomic mass is 31.2. The topological polar surface area (TPSA) is 55.8 Å². The summed E-state index contributed by atoms with van der Waals surface area (Å²) in [6.45, 7) is 4.56. The molecule has 0 aromatic carbocycles. The Morgan fingerprint density at radius 1 is 0.463 bits per heavy atom. The lowest BCUT2D eigenvalue weighted by Crippen LogP contribution is -2.24. The van der Waals surface area contributed by atoms with Crippen LogP contribution in [0.3, 0.4) is 0 Å². The molecule has 2 rings (SSSR count). The Morgan fingerprint density at radius 2 is 0.732 bits per heavy atom. The molecule has 2 aliphatic rings. The summed E-state index contributed by atoms with van der Waals surface area (Å²) in [6.07, 6.45) is 38.4. The lowest BCUT2D eigenvalue weighted by atomic mass is 9.84. The van der Waals surface area contributed by atoms with E-state index in [1.165, 1.54) is 141 Å². The van der Waals surface area contributed by atoms with Gasteiger partial charge in [0.05, 0.1) is 12.2 Å². The molecule has 244 valence electrons. The number of hydrogen-bond donors (Lipinski definition) is 1. The summed E-state index contributed by atoms with van der Waals surface area (Å²) >= 11 is 0. The Morgan fingerprint density at radius 3 is 1.02 bits per heavy atom. The molecule has 5 heteroatoms. The van der Waals surface area contributed by atoms with Crippen molar-refractivity contribution in [2.75, 3.05) is 0 Å². The van der Waals surface area contributed by atoms with Gasteiger partial charge in [-0.15, -0.1) is 0 Å². The molecule has 41 heavy (non-hydrogen) atoms. The van der Waals surface area contributed by atoms with Crippen molar-refractivity contribution in [3.63, 3.8) is 0 Å². The van der Waals surface area contributed by atoms with E-state index in [9.17, 15) is 9.46 Å². The van der Waals surface area contributed by atoms with Crippen molar-refractivity contribution in [1.29, 1.82) is 0 Å². The molecule has 2 fully saturated rings. The van der Waals surface area contributed by atoms with Crippen molar-refractivity contribution in [3.8, 4) is 0 Å². The lowest BCUT2D eigenvalue weighted by Gasteiger charge is -2.32. The minimum Gasteiger partial charge on any atom is -0.302 e. The summed E-state index contributed by atoms with van der Waals surface area (Å²) in [7, 11) is -3.96.